The topological polar surface area (TPSA) is 67.2 Å². The number of carbonyl (C=O) groups excluding carboxylic acids is 2. The van der Waals surface area contributed by atoms with Crippen molar-refractivity contribution in [1.29, 1.82) is 0 Å². The molecule has 1 aliphatic rings. The number of fused-ring (bicyclic) bond motifs is 1. The summed E-state index contributed by atoms with van der Waals surface area (Å²) in [7, 11) is 1.91. The summed E-state index contributed by atoms with van der Waals surface area (Å²) in [5, 5.41) is 3.97. The van der Waals surface area contributed by atoms with Gasteiger partial charge < -0.3 is 14.8 Å². The molecule has 6 nitrogen and oxygen atoms in total. The lowest BCUT2D eigenvalue weighted by Crippen LogP contribution is -2.44. The van der Waals surface area contributed by atoms with Crippen LogP contribution in [0.1, 0.15) is 28.9 Å². The van der Waals surface area contributed by atoms with Crippen molar-refractivity contribution in [2.24, 2.45) is 13.0 Å². The minimum absolute atomic E-state index is 0.0229. The lowest BCUT2D eigenvalue weighted by molar-refractivity contribution is -0.121. The van der Waals surface area contributed by atoms with Gasteiger partial charge in [0.05, 0.1) is 5.92 Å². The molecule has 1 unspecified atom stereocenters. The SMILES string of the molecule is Cc1cccnc1NC(=O)C1CCCN(C(=O)c2cc3ccccc3n2C)C1. The Morgan fingerprint density at radius 2 is 2.00 bits per heavy atom. The van der Waals surface area contributed by atoms with Gasteiger partial charge in [-0.25, -0.2) is 4.98 Å². The Bertz CT molecular complexity index is 1040. The van der Waals surface area contributed by atoms with E-state index in [9.17, 15) is 9.59 Å². The Balaban J connectivity index is 1.50. The van der Waals surface area contributed by atoms with Gasteiger partial charge in [0.1, 0.15) is 11.5 Å². The number of hydrogen-bond acceptors (Lipinski definition) is 3. The van der Waals surface area contributed by atoms with E-state index in [4.69, 9.17) is 0 Å². The number of carbonyl (C=O) groups is 2. The highest BCUT2D eigenvalue weighted by Gasteiger charge is 2.30. The summed E-state index contributed by atoms with van der Waals surface area (Å²) in [6, 6.07) is 13.6. The van der Waals surface area contributed by atoms with Crippen LogP contribution in [-0.4, -0.2) is 39.4 Å². The summed E-state index contributed by atoms with van der Waals surface area (Å²) in [6.07, 6.45) is 3.25. The molecule has 144 valence electrons. The molecule has 0 saturated carbocycles. The highest BCUT2D eigenvalue weighted by atomic mass is 16.2. The molecule has 1 N–H and O–H groups in total. The molecule has 3 aromatic rings. The minimum Gasteiger partial charge on any atom is -0.340 e. The zero-order chi connectivity index (χ0) is 19.7. The number of aryl methyl sites for hydroxylation is 2. The number of anilines is 1. The van der Waals surface area contributed by atoms with Crippen molar-refractivity contribution in [3.8, 4) is 0 Å². The number of para-hydroxylation sites is 1. The maximum absolute atomic E-state index is 13.1. The normalized spacial score (nSPS) is 16.9. The molecule has 0 radical (unpaired) electrons. The van der Waals surface area contributed by atoms with Crippen LogP contribution < -0.4 is 5.32 Å². The second kappa shape index (κ2) is 7.46. The number of rotatable bonds is 3. The summed E-state index contributed by atoms with van der Waals surface area (Å²) < 4.78 is 1.93. The molecule has 0 spiro atoms. The van der Waals surface area contributed by atoms with Crippen LogP contribution in [0.15, 0.2) is 48.7 Å². The van der Waals surface area contributed by atoms with Crippen molar-refractivity contribution in [1.82, 2.24) is 14.5 Å². The third-order valence-corrected chi connectivity index (χ3v) is 5.50. The molecule has 1 fully saturated rings. The van der Waals surface area contributed by atoms with Gasteiger partial charge >= 0.3 is 0 Å². The highest BCUT2D eigenvalue weighted by Crippen LogP contribution is 2.24. The first kappa shape index (κ1) is 18.2. The Morgan fingerprint density at radius 3 is 2.79 bits per heavy atom. The van der Waals surface area contributed by atoms with Gasteiger partial charge in [0, 0.05) is 37.2 Å². The van der Waals surface area contributed by atoms with Crippen LogP contribution >= 0.6 is 0 Å². The fraction of sp³-hybridized carbons (Fsp3) is 0.318. The molecule has 3 heterocycles. The number of nitrogens with zero attached hydrogens (tertiary/aromatic N) is 3. The monoisotopic (exact) mass is 376 g/mol. The minimum atomic E-state index is -0.228. The number of amides is 2. The molecule has 2 aromatic heterocycles. The Hall–Kier alpha value is -3.15. The zero-order valence-electron chi connectivity index (χ0n) is 16.2. The van der Waals surface area contributed by atoms with Gasteiger partial charge in [-0.05, 0) is 43.5 Å². The fourth-order valence-corrected chi connectivity index (χ4v) is 3.87. The van der Waals surface area contributed by atoms with Crippen LogP contribution in [0.4, 0.5) is 5.82 Å². The van der Waals surface area contributed by atoms with Crippen LogP contribution in [0.3, 0.4) is 0 Å². The molecule has 0 aliphatic carbocycles. The van der Waals surface area contributed by atoms with Gasteiger partial charge in [-0.2, -0.15) is 0 Å². The summed E-state index contributed by atoms with van der Waals surface area (Å²) in [5.74, 6) is 0.264. The Kier molecular flexibility index (Phi) is 4.86. The number of benzene rings is 1. The summed E-state index contributed by atoms with van der Waals surface area (Å²) >= 11 is 0. The molecule has 1 aromatic carbocycles. The highest BCUT2D eigenvalue weighted by molar-refractivity contribution is 5.99. The first-order chi connectivity index (χ1) is 13.5. The van der Waals surface area contributed by atoms with Gasteiger partial charge in [-0.15, -0.1) is 0 Å². The largest absolute Gasteiger partial charge is 0.340 e. The Morgan fingerprint density at radius 1 is 1.18 bits per heavy atom. The van der Waals surface area contributed by atoms with E-state index in [0.717, 1.165) is 29.3 Å². The van der Waals surface area contributed by atoms with Gasteiger partial charge in [-0.3, -0.25) is 9.59 Å². The number of likely N-dealkylation sites (tertiary alicyclic amines) is 1. The van der Waals surface area contributed by atoms with Crippen molar-refractivity contribution in [3.05, 3.63) is 59.9 Å². The number of aromatic nitrogens is 2. The first-order valence-corrected chi connectivity index (χ1v) is 9.61. The third-order valence-electron chi connectivity index (χ3n) is 5.50. The summed E-state index contributed by atoms with van der Waals surface area (Å²) in [5.41, 5.74) is 2.61. The predicted molar refractivity (Wildman–Crippen MR) is 109 cm³/mol. The number of nitrogens with one attached hydrogen (secondary N) is 1. The van der Waals surface area contributed by atoms with E-state index in [2.05, 4.69) is 10.3 Å². The smallest absolute Gasteiger partial charge is 0.270 e. The van der Waals surface area contributed by atoms with Crippen LogP contribution in [0.5, 0.6) is 0 Å². The maximum atomic E-state index is 13.1. The Labute approximate surface area is 164 Å². The molecular weight excluding hydrogens is 352 g/mol. The third kappa shape index (κ3) is 3.38. The van der Waals surface area contributed by atoms with Crippen LogP contribution in [0, 0.1) is 12.8 Å². The molecule has 2 amide bonds. The van der Waals surface area contributed by atoms with Gasteiger partial charge in [0.2, 0.25) is 5.91 Å². The maximum Gasteiger partial charge on any atom is 0.270 e. The van der Waals surface area contributed by atoms with E-state index in [1.54, 1.807) is 11.1 Å². The first-order valence-electron chi connectivity index (χ1n) is 9.61. The second-order valence-electron chi connectivity index (χ2n) is 7.40. The number of hydrogen-bond donors (Lipinski definition) is 1. The summed E-state index contributed by atoms with van der Waals surface area (Å²) in [6.45, 7) is 3.02. The molecule has 1 atom stereocenters. The van der Waals surface area contributed by atoms with Gasteiger partial charge in [0.15, 0.2) is 0 Å². The lowest BCUT2D eigenvalue weighted by Gasteiger charge is -2.32. The second-order valence-corrected chi connectivity index (χ2v) is 7.40. The van der Waals surface area contributed by atoms with Crippen molar-refractivity contribution in [2.45, 2.75) is 19.8 Å². The molecule has 1 saturated heterocycles. The standard InChI is InChI=1S/C22H24N4O2/c1-15-7-5-11-23-20(15)24-21(27)17-9-6-12-26(14-17)22(28)19-13-16-8-3-4-10-18(16)25(19)2/h3-5,7-8,10-11,13,17H,6,9,12,14H2,1-2H3,(H,23,24,27). The predicted octanol–water partition coefficient (Wildman–Crippen LogP) is 3.37. The fourth-order valence-electron chi connectivity index (χ4n) is 3.87. The van der Waals surface area contributed by atoms with Crippen LogP contribution in [-0.2, 0) is 11.8 Å². The van der Waals surface area contributed by atoms with E-state index in [0.29, 0.717) is 24.6 Å². The number of piperidine rings is 1. The van der Waals surface area contributed by atoms with E-state index >= 15 is 0 Å². The average Bonchev–Trinajstić information content (AvgIpc) is 3.06. The molecule has 28 heavy (non-hydrogen) atoms. The van der Waals surface area contributed by atoms with E-state index < -0.39 is 0 Å². The zero-order valence-corrected chi connectivity index (χ0v) is 16.2. The van der Waals surface area contributed by atoms with E-state index in [-0.39, 0.29) is 17.7 Å². The van der Waals surface area contributed by atoms with Gasteiger partial charge in [0.25, 0.3) is 5.91 Å². The van der Waals surface area contributed by atoms with Crippen molar-refractivity contribution >= 4 is 28.5 Å². The van der Waals surface area contributed by atoms with E-state index in [1.807, 2.05) is 61.0 Å². The lowest BCUT2D eigenvalue weighted by atomic mass is 9.96. The number of pyridine rings is 1. The van der Waals surface area contributed by atoms with Crippen LogP contribution in [0.2, 0.25) is 0 Å². The van der Waals surface area contributed by atoms with Crippen molar-refractivity contribution in [2.75, 3.05) is 18.4 Å². The van der Waals surface area contributed by atoms with Crippen molar-refractivity contribution in [3.63, 3.8) is 0 Å². The van der Waals surface area contributed by atoms with Gasteiger partial charge in [-0.1, -0.05) is 24.3 Å². The molecule has 0 bridgehead atoms. The van der Waals surface area contributed by atoms with Crippen LogP contribution in [0.25, 0.3) is 10.9 Å². The molecular formula is C22H24N4O2. The average molecular weight is 376 g/mol. The van der Waals surface area contributed by atoms with E-state index in [1.165, 1.54) is 0 Å². The van der Waals surface area contributed by atoms with Crippen molar-refractivity contribution < 1.29 is 9.59 Å². The molecule has 6 heteroatoms. The molecule has 4 rings (SSSR count). The summed E-state index contributed by atoms with van der Waals surface area (Å²) in [4.78, 5) is 31.9. The molecule has 1 aliphatic heterocycles. The quantitative estimate of drug-likeness (QED) is 0.762.